The lowest BCUT2D eigenvalue weighted by Crippen LogP contribution is -2.41. The molecule has 6 heteroatoms. The van der Waals surface area contributed by atoms with Gasteiger partial charge in [0.25, 0.3) is 5.91 Å². The van der Waals surface area contributed by atoms with Crippen LogP contribution in [0, 0.1) is 0 Å². The summed E-state index contributed by atoms with van der Waals surface area (Å²) in [7, 11) is 0. The minimum absolute atomic E-state index is 0.365. The average Bonchev–Trinajstić information content (AvgIpc) is 2.73. The molecule has 1 aromatic rings. The molecule has 0 aliphatic carbocycles. The van der Waals surface area contributed by atoms with Gasteiger partial charge in [0.1, 0.15) is 5.76 Å². The number of carbonyl (C=O) groups is 2. The lowest BCUT2D eigenvalue weighted by Gasteiger charge is -2.17. The third-order valence-electron chi connectivity index (χ3n) is 2.24. The molecule has 0 radical (unpaired) electrons. The Bertz CT molecular complexity index is 387. The van der Waals surface area contributed by atoms with Crippen LogP contribution in [0.5, 0.6) is 0 Å². The number of urea groups is 1. The van der Waals surface area contributed by atoms with Gasteiger partial charge < -0.3 is 9.73 Å². The molecule has 1 aliphatic heterocycles. The fraction of sp³-hybridized carbons (Fsp3) is 0.250. The Morgan fingerprint density at radius 2 is 2.29 bits per heavy atom. The van der Waals surface area contributed by atoms with Crippen LogP contribution in [0.3, 0.4) is 0 Å². The van der Waals surface area contributed by atoms with Crippen LogP contribution in [-0.2, 0) is 10.3 Å². The topological polar surface area (TPSA) is 88.6 Å². The second kappa shape index (κ2) is 2.58. The van der Waals surface area contributed by atoms with Crippen LogP contribution in [0.25, 0.3) is 0 Å². The zero-order valence-corrected chi connectivity index (χ0v) is 7.48. The molecule has 1 aromatic heterocycles. The molecule has 0 saturated carbocycles. The van der Waals surface area contributed by atoms with Gasteiger partial charge in [-0.2, -0.15) is 5.01 Å². The zero-order valence-electron chi connectivity index (χ0n) is 7.48. The van der Waals surface area contributed by atoms with Crippen molar-refractivity contribution in [2.45, 2.75) is 12.5 Å². The van der Waals surface area contributed by atoms with Crippen LogP contribution in [0.1, 0.15) is 12.7 Å². The van der Waals surface area contributed by atoms with Crippen LogP contribution < -0.4 is 11.2 Å². The summed E-state index contributed by atoms with van der Waals surface area (Å²) in [6, 6.07) is 2.62. The lowest BCUT2D eigenvalue weighted by atomic mass is 10.00. The first kappa shape index (κ1) is 8.76. The third-order valence-corrected chi connectivity index (χ3v) is 2.24. The SMILES string of the molecule is C[C@@]1(c2ccco2)NC(=O)N(N)C1=O. The van der Waals surface area contributed by atoms with Crippen molar-refractivity contribution in [1.29, 1.82) is 0 Å². The Hall–Kier alpha value is -1.82. The molecule has 0 bridgehead atoms. The summed E-state index contributed by atoms with van der Waals surface area (Å²) < 4.78 is 5.07. The molecule has 0 unspecified atom stereocenters. The summed E-state index contributed by atoms with van der Waals surface area (Å²) in [5.41, 5.74) is -1.19. The Balaban J connectivity index is 2.44. The quantitative estimate of drug-likeness (QED) is 0.372. The van der Waals surface area contributed by atoms with Gasteiger partial charge in [-0.05, 0) is 19.1 Å². The van der Waals surface area contributed by atoms with Crippen LogP contribution in [0.15, 0.2) is 22.8 Å². The highest BCUT2D eigenvalue weighted by Gasteiger charge is 2.50. The Morgan fingerprint density at radius 1 is 1.57 bits per heavy atom. The molecule has 1 atom stereocenters. The Labute approximate surface area is 79.6 Å². The van der Waals surface area contributed by atoms with Crippen molar-refractivity contribution in [3.05, 3.63) is 24.2 Å². The molecule has 3 amide bonds. The van der Waals surface area contributed by atoms with E-state index in [4.69, 9.17) is 10.3 Å². The van der Waals surface area contributed by atoms with E-state index < -0.39 is 17.5 Å². The first-order valence-corrected chi connectivity index (χ1v) is 4.01. The maximum Gasteiger partial charge on any atom is 0.340 e. The molecule has 6 nitrogen and oxygen atoms in total. The number of nitrogens with zero attached hydrogens (tertiary/aromatic N) is 1. The molecule has 3 N–H and O–H groups in total. The number of hydrazine groups is 1. The van der Waals surface area contributed by atoms with E-state index in [1.165, 1.54) is 6.26 Å². The largest absolute Gasteiger partial charge is 0.466 e. The monoisotopic (exact) mass is 195 g/mol. The number of hydrogen-bond donors (Lipinski definition) is 2. The maximum atomic E-state index is 11.6. The van der Waals surface area contributed by atoms with E-state index >= 15 is 0 Å². The van der Waals surface area contributed by atoms with Crippen molar-refractivity contribution < 1.29 is 14.0 Å². The molecule has 2 rings (SSSR count). The first-order chi connectivity index (χ1) is 6.55. The molecule has 14 heavy (non-hydrogen) atoms. The number of nitrogens with two attached hydrogens (primary N) is 1. The fourth-order valence-electron chi connectivity index (χ4n) is 1.39. The summed E-state index contributed by atoms with van der Waals surface area (Å²) in [6.45, 7) is 1.54. The molecule has 0 spiro atoms. The van der Waals surface area contributed by atoms with Gasteiger partial charge in [-0.1, -0.05) is 0 Å². The number of hydrogen-bond acceptors (Lipinski definition) is 4. The third kappa shape index (κ3) is 0.942. The van der Waals surface area contributed by atoms with Crippen LogP contribution in [-0.4, -0.2) is 16.9 Å². The first-order valence-electron chi connectivity index (χ1n) is 4.01. The number of carbonyl (C=O) groups excluding carboxylic acids is 2. The molecular weight excluding hydrogens is 186 g/mol. The second-order valence-electron chi connectivity index (χ2n) is 3.21. The van der Waals surface area contributed by atoms with Gasteiger partial charge in [-0.15, -0.1) is 0 Å². The summed E-state index contributed by atoms with van der Waals surface area (Å²) >= 11 is 0. The zero-order chi connectivity index (χ0) is 10.3. The van der Waals surface area contributed by atoms with Crippen molar-refractivity contribution in [2.75, 3.05) is 0 Å². The smallest absolute Gasteiger partial charge is 0.340 e. The molecule has 0 aromatic carbocycles. The van der Waals surface area contributed by atoms with Crippen LogP contribution >= 0.6 is 0 Å². The molecule has 1 saturated heterocycles. The Morgan fingerprint density at radius 3 is 2.71 bits per heavy atom. The predicted molar refractivity (Wildman–Crippen MR) is 45.6 cm³/mol. The van der Waals surface area contributed by atoms with Crippen molar-refractivity contribution in [2.24, 2.45) is 5.84 Å². The molecule has 74 valence electrons. The van der Waals surface area contributed by atoms with Crippen molar-refractivity contribution in [3.8, 4) is 0 Å². The van der Waals surface area contributed by atoms with E-state index in [2.05, 4.69) is 5.32 Å². The van der Waals surface area contributed by atoms with E-state index in [0.717, 1.165) is 0 Å². The number of imide groups is 1. The van der Waals surface area contributed by atoms with E-state index in [9.17, 15) is 9.59 Å². The van der Waals surface area contributed by atoms with Gasteiger partial charge in [0.05, 0.1) is 6.26 Å². The molecule has 1 fully saturated rings. The second-order valence-corrected chi connectivity index (χ2v) is 3.21. The molecular formula is C8H9N3O3. The average molecular weight is 195 g/mol. The van der Waals surface area contributed by atoms with Gasteiger partial charge in [0.2, 0.25) is 0 Å². The van der Waals surface area contributed by atoms with Crippen LogP contribution in [0.2, 0.25) is 0 Å². The molecule has 1 aliphatic rings. The number of amides is 3. The lowest BCUT2D eigenvalue weighted by molar-refractivity contribution is -0.131. The summed E-state index contributed by atoms with van der Waals surface area (Å²) in [5, 5.41) is 3.00. The van der Waals surface area contributed by atoms with E-state index in [1.54, 1.807) is 19.1 Å². The van der Waals surface area contributed by atoms with Gasteiger partial charge in [0.15, 0.2) is 5.54 Å². The van der Waals surface area contributed by atoms with Gasteiger partial charge in [0, 0.05) is 0 Å². The predicted octanol–water partition coefficient (Wildman–Crippen LogP) is -0.0797. The number of rotatable bonds is 1. The van der Waals surface area contributed by atoms with E-state index in [-0.39, 0.29) is 0 Å². The normalized spacial score (nSPS) is 26.9. The maximum absolute atomic E-state index is 11.6. The Kier molecular flexibility index (Phi) is 1.62. The van der Waals surface area contributed by atoms with E-state index in [1.807, 2.05) is 0 Å². The highest BCUT2D eigenvalue weighted by Crippen LogP contribution is 2.27. The van der Waals surface area contributed by atoms with Crippen molar-refractivity contribution >= 4 is 11.9 Å². The van der Waals surface area contributed by atoms with E-state index in [0.29, 0.717) is 10.8 Å². The minimum atomic E-state index is -1.19. The summed E-state index contributed by atoms with van der Waals surface area (Å²) in [4.78, 5) is 22.7. The van der Waals surface area contributed by atoms with Crippen molar-refractivity contribution in [1.82, 2.24) is 10.3 Å². The van der Waals surface area contributed by atoms with Crippen LogP contribution in [0.4, 0.5) is 4.79 Å². The minimum Gasteiger partial charge on any atom is -0.466 e. The highest BCUT2D eigenvalue weighted by molar-refractivity contribution is 6.06. The summed E-state index contributed by atoms with van der Waals surface area (Å²) in [5.74, 6) is 5.07. The fourth-order valence-corrected chi connectivity index (χ4v) is 1.39. The standard InChI is InChI=1S/C8H9N3O3/c1-8(5-3-2-4-14-5)6(12)11(9)7(13)10-8/h2-4H,9H2,1H3,(H,10,13)/t8-/m0/s1. The summed E-state index contributed by atoms with van der Waals surface area (Å²) in [6.07, 6.45) is 1.43. The van der Waals surface area contributed by atoms with Gasteiger partial charge in [-0.3, -0.25) is 4.79 Å². The molecule has 2 heterocycles. The van der Waals surface area contributed by atoms with Crippen molar-refractivity contribution in [3.63, 3.8) is 0 Å². The van der Waals surface area contributed by atoms with Gasteiger partial charge in [-0.25, -0.2) is 10.6 Å². The van der Waals surface area contributed by atoms with Gasteiger partial charge >= 0.3 is 6.03 Å². The highest BCUT2D eigenvalue weighted by atomic mass is 16.3. The number of nitrogens with one attached hydrogen (secondary N) is 1. The number of furan rings is 1.